The number of hydrogen-bond donors (Lipinski definition) is 1. The van der Waals surface area contributed by atoms with E-state index in [1.807, 2.05) is 35.0 Å². The molecule has 0 fully saturated rings. The number of carbonyl (C=O) groups is 1. The minimum atomic E-state index is -0.248. The van der Waals surface area contributed by atoms with Gasteiger partial charge in [-0.25, -0.2) is 15.0 Å². The lowest BCUT2D eigenvalue weighted by molar-refractivity contribution is 0.101. The van der Waals surface area contributed by atoms with Gasteiger partial charge in [0.1, 0.15) is 6.33 Å². The Bertz CT molecular complexity index is 1200. The van der Waals surface area contributed by atoms with Gasteiger partial charge in [0.05, 0.1) is 17.9 Å². The molecule has 0 amide bonds. The number of anilines is 1. The van der Waals surface area contributed by atoms with Crippen LogP contribution in [0.25, 0.3) is 22.5 Å². The van der Waals surface area contributed by atoms with Crippen LogP contribution in [0.2, 0.25) is 0 Å². The summed E-state index contributed by atoms with van der Waals surface area (Å²) in [4.78, 5) is 37.7. The smallest absolute Gasteiger partial charge is 0.255 e. The first-order valence-electron chi connectivity index (χ1n) is 8.86. The molecule has 7 nitrogen and oxygen atoms in total. The minimum Gasteiger partial charge on any atom is -0.348 e. The van der Waals surface area contributed by atoms with Crippen molar-refractivity contribution in [3.8, 4) is 22.5 Å². The van der Waals surface area contributed by atoms with Crippen molar-refractivity contribution < 1.29 is 4.79 Å². The highest BCUT2D eigenvalue weighted by Crippen LogP contribution is 2.26. The summed E-state index contributed by atoms with van der Waals surface area (Å²) in [6.07, 6.45) is 2.98. The molecule has 8 heteroatoms. The minimum absolute atomic E-state index is 0.00859. The lowest BCUT2D eigenvalue weighted by atomic mass is 9.99. The molecule has 29 heavy (non-hydrogen) atoms. The molecule has 0 spiro atoms. The maximum Gasteiger partial charge on any atom is 0.255 e. The Balaban J connectivity index is 1.60. The molecular weight excluding hydrogens is 386 g/mol. The zero-order valence-corrected chi connectivity index (χ0v) is 16.4. The van der Waals surface area contributed by atoms with Crippen LogP contribution in [0.5, 0.6) is 0 Å². The second-order valence-corrected chi connectivity index (χ2v) is 7.07. The van der Waals surface area contributed by atoms with E-state index in [2.05, 4.69) is 20.3 Å². The highest BCUT2D eigenvalue weighted by Gasteiger charge is 2.14. The fourth-order valence-electron chi connectivity index (χ4n) is 2.92. The van der Waals surface area contributed by atoms with Crippen molar-refractivity contribution >= 4 is 23.1 Å². The van der Waals surface area contributed by atoms with Crippen molar-refractivity contribution in [2.75, 3.05) is 11.9 Å². The Hall–Kier alpha value is -3.65. The lowest BCUT2D eigenvalue weighted by Crippen LogP contribution is -2.25. The van der Waals surface area contributed by atoms with Gasteiger partial charge >= 0.3 is 0 Å². The first kappa shape index (κ1) is 18.7. The summed E-state index contributed by atoms with van der Waals surface area (Å²) in [6.45, 7) is 0.00859. The normalized spacial score (nSPS) is 10.7. The van der Waals surface area contributed by atoms with E-state index in [9.17, 15) is 9.59 Å². The third-order valence-electron chi connectivity index (χ3n) is 4.45. The molecule has 3 heterocycles. The molecule has 4 aromatic rings. The third-order valence-corrected chi connectivity index (χ3v) is 5.13. The van der Waals surface area contributed by atoms with Crippen molar-refractivity contribution in [2.45, 2.75) is 0 Å². The van der Waals surface area contributed by atoms with Crippen molar-refractivity contribution in [1.82, 2.24) is 19.5 Å². The van der Waals surface area contributed by atoms with Crippen LogP contribution < -0.4 is 10.9 Å². The topological polar surface area (TPSA) is 89.8 Å². The van der Waals surface area contributed by atoms with Crippen LogP contribution in [0, 0.1) is 0 Å². The Kier molecular flexibility index (Phi) is 5.26. The van der Waals surface area contributed by atoms with Gasteiger partial charge in [-0.15, -0.1) is 0 Å². The highest BCUT2D eigenvalue weighted by molar-refractivity contribution is 7.08. The van der Waals surface area contributed by atoms with Crippen LogP contribution >= 0.6 is 11.3 Å². The summed E-state index contributed by atoms with van der Waals surface area (Å²) >= 11 is 1.58. The first-order chi connectivity index (χ1) is 14.1. The van der Waals surface area contributed by atoms with Crippen molar-refractivity contribution in [3.63, 3.8) is 0 Å². The highest BCUT2D eigenvalue weighted by atomic mass is 32.1. The third kappa shape index (κ3) is 3.97. The largest absolute Gasteiger partial charge is 0.348 e. The Morgan fingerprint density at radius 2 is 2.03 bits per heavy atom. The molecule has 1 aromatic carbocycles. The molecule has 144 valence electrons. The molecule has 0 aliphatic rings. The van der Waals surface area contributed by atoms with Crippen LogP contribution in [0.1, 0.15) is 10.4 Å². The number of Topliss-reactive ketones (excluding diaryl/α,β-unsaturated/α-hetero) is 1. The summed E-state index contributed by atoms with van der Waals surface area (Å²) in [7, 11) is 1.60. The van der Waals surface area contributed by atoms with Crippen LogP contribution in [-0.2, 0) is 7.05 Å². The predicted octanol–water partition coefficient (Wildman–Crippen LogP) is 3.26. The van der Waals surface area contributed by atoms with Crippen LogP contribution in [0.15, 0.2) is 70.5 Å². The quantitative estimate of drug-likeness (QED) is 0.497. The SMILES string of the molecule is Cn1c(NCC(=O)c2ccccc2-c2ccsc2)nc(-c2ccncn2)cc1=O. The number of aromatic nitrogens is 4. The van der Waals surface area contributed by atoms with E-state index in [0.29, 0.717) is 22.9 Å². The molecule has 4 rings (SSSR count). The number of thiophene rings is 1. The van der Waals surface area contributed by atoms with Crippen LogP contribution in [-0.4, -0.2) is 31.8 Å². The number of rotatable bonds is 6. The summed E-state index contributed by atoms with van der Waals surface area (Å²) in [6, 6.07) is 12.6. The van der Waals surface area contributed by atoms with E-state index < -0.39 is 0 Å². The fraction of sp³-hybridized carbons (Fsp3) is 0.0952. The summed E-state index contributed by atoms with van der Waals surface area (Å²) in [5.74, 6) is 0.209. The summed E-state index contributed by atoms with van der Waals surface area (Å²) < 4.78 is 1.36. The zero-order valence-electron chi connectivity index (χ0n) is 15.6. The lowest BCUT2D eigenvalue weighted by Gasteiger charge is -2.12. The molecule has 0 aliphatic heterocycles. The molecule has 0 unspecified atom stereocenters. The van der Waals surface area contributed by atoms with E-state index in [1.54, 1.807) is 36.7 Å². The van der Waals surface area contributed by atoms with Gasteiger partial charge in [0.25, 0.3) is 5.56 Å². The molecule has 0 aliphatic carbocycles. The molecule has 0 atom stereocenters. The van der Waals surface area contributed by atoms with Gasteiger partial charge in [-0.1, -0.05) is 24.3 Å². The van der Waals surface area contributed by atoms with Gasteiger partial charge in [-0.3, -0.25) is 14.2 Å². The average Bonchev–Trinajstić information content (AvgIpc) is 3.30. The number of nitrogens with zero attached hydrogens (tertiary/aromatic N) is 4. The van der Waals surface area contributed by atoms with Crippen molar-refractivity contribution in [2.24, 2.45) is 7.05 Å². The van der Waals surface area contributed by atoms with Gasteiger partial charge in [0, 0.05) is 24.9 Å². The number of benzene rings is 1. The summed E-state index contributed by atoms with van der Waals surface area (Å²) in [5, 5.41) is 6.99. The molecule has 0 radical (unpaired) electrons. The summed E-state index contributed by atoms with van der Waals surface area (Å²) in [5.41, 5.74) is 3.23. The van der Waals surface area contributed by atoms with Gasteiger partial charge < -0.3 is 5.32 Å². The fourth-order valence-corrected chi connectivity index (χ4v) is 3.58. The Labute approximate surface area is 170 Å². The predicted molar refractivity (Wildman–Crippen MR) is 113 cm³/mol. The monoisotopic (exact) mass is 403 g/mol. The van der Waals surface area contributed by atoms with Gasteiger partial charge in [-0.05, 0) is 34.0 Å². The number of carbonyl (C=O) groups excluding carboxylic acids is 1. The van der Waals surface area contributed by atoms with E-state index in [1.165, 1.54) is 17.0 Å². The van der Waals surface area contributed by atoms with Gasteiger partial charge in [0.2, 0.25) is 5.95 Å². The number of ketones is 1. The zero-order chi connectivity index (χ0) is 20.2. The van der Waals surface area contributed by atoms with Crippen LogP contribution in [0.4, 0.5) is 5.95 Å². The Morgan fingerprint density at radius 3 is 2.79 bits per heavy atom. The molecular formula is C21H17N5O2S. The van der Waals surface area contributed by atoms with Crippen molar-refractivity contribution in [3.05, 3.63) is 81.7 Å². The Morgan fingerprint density at radius 1 is 1.17 bits per heavy atom. The molecule has 0 saturated heterocycles. The van der Waals surface area contributed by atoms with E-state index in [-0.39, 0.29) is 17.9 Å². The van der Waals surface area contributed by atoms with E-state index in [4.69, 9.17) is 0 Å². The van der Waals surface area contributed by atoms with Gasteiger partial charge in [-0.2, -0.15) is 11.3 Å². The van der Waals surface area contributed by atoms with E-state index >= 15 is 0 Å². The molecule has 0 saturated carbocycles. The maximum absolute atomic E-state index is 12.9. The second-order valence-electron chi connectivity index (χ2n) is 6.29. The molecule has 1 N–H and O–H groups in total. The number of hydrogen-bond acceptors (Lipinski definition) is 7. The van der Waals surface area contributed by atoms with Crippen LogP contribution in [0.3, 0.4) is 0 Å². The van der Waals surface area contributed by atoms with Crippen molar-refractivity contribution in [1.29, 1.82) is 0 Å². The van der Waals surface area contributed by atoms with Gasteiger partial charge in [0.15, 0.2) is 5.78 Å². The standard InChI is InChI=1S/C21H17N5O2S/c1-26-20(28)10-18(17-6-8-22-13-24-17)25-21(26)23-11-19(27)16-5-3-2-4-15(16)14-7-9-29-12-14/h2-10,12-13H,11H2,1H3,(H,23,25). The van der Waals surface area contributed by atoms with E-state index in [0.717, 1.165) is 11.1 Å². The average molecular weight is 403 g/mol. The number of nitrogens with one attached hydrogen (secondary N) is 1. The maximum atomic E-state index is 12.9. The molecule has 3 aromatic heterocycles. The molecule has 0 bridgehead atoms. The second kappa shape index (κ2) is 8.15. The first-order valence-corrected chi connectivity index (χ1v) is 9.81.